The van der Waals surface area contributed by atoms with Crippen LogP contribution >= 0.6 is 0 Å². The smallest absolute Gasteiger partial charge is 0.354 e. The molecule has 0 fully saturated rings. The number of sulfone groups is 1. The highest BCUT2D eigenvalue weighted by molar-refractivity contribution is 7.90. The number of hydrogen-bond donors (Lipinski definition) is 1. The molecule has 1 aromatic rings. The molecule has 6 nitrogen and oxygen atoms in total. The van der Waals surface area contributed by atoms with Gasteiger partial charge in [-0.25, -0.2) is 23.2 Å². The van der Waals surface area contributed by atoms with Gasteiger partial charge in [-0.05, 0) is 13.0 Å². The molecule has 0 bridgehead atoms. The van der Waals surface area contributed by atoms with Crippen LogP contribution in [0.15, 0.2) is 11.2 Å². The molecule has 0 radical (unpaired) electrons. The van der Waals surface area contributed by atoms with E-state index in [2.05, 4.69) is 9.97 Å². The summed E-state index contributed by atoms with van der Waals surface area (Å²) in [5.41, 5.74) is -0.0178. The number of hydrogen-bond acceptors (Lipinski definition) is 5. The van der Waals surface area contributed by atoms with Crippen LogP contribution in [0.5, 0.6) is 0 Å². The summed E-state index contributed by atoms with van der Waals surface area (Å²) in [5, 5.41) is 8.15. The monoisotopic (exact) mass is 216 g/mol. The lowest BCUT2D eigenvalue weighted by atomic mass is 10.3. The van der Waals surface area contributed by atoms with Crippen LogP contribution in [0.25, 0.3) is 0 Å². The maximum Gasteiger partial charge on any atom is 0.354 e. The van der Waals surface area contributed by atoms with Gasteiger partial charge in [0.1, 0.15) is 0 Å². The van der Waals surface area contributed by atoms with E-state index in [0.29, 0.717) is 5.69 Å². The largest absolute Gasteiger partial charge is 0.477 e. The van der Waals surface area contributed by atoms with Crippen molar-refractivity contribution < 1.29 is 18.3 Å². The number of nitrogens with zero attached hydrogens (tertiary/aromatic N) is 2. The molecule has 1 aromatic heterocycles. The topological polar surface area (TPSA) is 97.2 Å². The van der Waals surface area contributed by atoms with Gasteiger partial charge >= 0.3 is 5.97 Å². The third-order valence-electron chi connectivity index (χ3n) is 1.38. The van der Waals surface area contributed by atoms with Gasteiger partial charge in [0.05, 0.1) is 0 Å². The summed E-state index contributed by atoms with van der Waals surface area (Å²) >= 11 is 0. The Morgan fingerprint density at radius 2 is 2.00 bits per heavy atom. The first-order chi connectivity index (χ1) is 6.30. The van der Waals surface area contributed by atoms with Crippen molar-refractivity contribution in [1.82, 2.24) is 9.97 Å². The van der Waals surface area contributed by atoms with Gasteiger partial charge in [0.15, 0.2) is 5.69 Å². The summed E-state index contributed by atoms with van der Waals surface area (Å²) in [6.07, 6.45) is 0.924. The number of carbonyl (C=O) groups is 1. The van der Waals surface area contributed by atoms with Crippen molar-refractivity contribution in [3.8, 4) is 0 Å². The summed E-state index contributed by atoms with van der Waals surface area (Å²) in [7, 11) is -3.57. The zero-order valence-corrected chi connectivity index (χ0v) is 8.37. The number of rotatable bonds is 2. The van der Waals surface area contributed by atoms with Crippen molar-refractivity contribution in [2.45, 2.75) is 12.1 Å². The average Bonchev–Trinajstić information content (AvgIpc) is 2.01. The van der Waals surface area contributed by atoms with Crippen LogP contribution in [0, 0.1) is 6.92 Å². The summed E-state index contributed by atoms with van der Waals surface area (Å²) in [4.78, 5) is 17.6. The fraction of sp³-hybridized carbons (Fsp3) is 0.286. The fourth-order valence-corrected chi connectivity index (χ4v) is 1.39. The Morgan fingerprint density at radius 1 is 1.43 bits per heavy atom. The molecule has 0 aliphatic carbocycles. The molecule has 1 heterocycles. The van der Waals surface area contributed by atoms with Gasteiger partial charge in [-0.3, -0.25) is 0 Å². The Bertz CT molecular complexity index is 480. The Hall–Kier alpha value is -1.50. The van der Waals surface area contributed by atoms with E-state index in [1.165, 1.54) is 13.0 Å². The maximum absolute atomic E-state index is 11.0. The second kappa shape index (κ2) is 3.33. The minimum Gasteiger partial charge on any atom is -0.477 e. The molecule has 1 N–H and O–H groups in total. The van der Waals surface area contributed by atoms with E-state index in [0.717, 1.165) is 6.26 Å². The lowest BCUT2D eigenvalue weighted by molar-refractivity contribution is 0.0689. The molecule has 7 heteroatoms. The van der Waals surface area contributed by atoms with Crippen molar-refractivity contribution in [2.75, 3.05) is 6.26 Å². The minimum atomic E-state index is -3.57. The summed E-state index contributed by atoms with van der Waals surface area (Å²) in [5.74, 6) is -1.28. The van der Waals surface area contributed by atoms with Gasteiger partial charge in [0.2, 0.25) is 15.0 Å². The number of aromatic carboxylic acids is 1. The van der Waals surface area contributed by atoms with E-state index in [-0.39, 0.29) is 5.69 Å². The van der Waals surface area contributed by atoms with Crippen LogP contribution in [0.4, 0.5) is 0 Å². The summed E-state index contributed by atoms with van der Waals surface area (Å²) in [6.45, 7) is 1.50. The highest BCUT2D eigenvalue weighted by Crippen LogP contribution is 2.05. The van der Waals surface area contributed by atoms with E-state index in [1.54, 1.807) is 0 Å². The molecule has 76 valence electrons. The van der Waals surface area contributed by atoms with Crippen LogP contribution in [0.1, 0.15) is 16.2 Å². The van der Waals surface area contributed by atoms with E-state index >= 15 is 0 Å². The van der Waals surface area contributed by atoms with Gasteiger partial charge in [-0.15, -0.1) is 0 Å². The molecule has 0 saturated heterocycles. The van der Waals surface area contributed by atoms with Crippen LogP contribution in [-0.4, -0.2) is 35.7 Å². The summed E-state index contributed by atoms with van der Waals surface area (Å²) in [6, 6.07) is 1.21. The third kappa shape index (κ3) is 2.25. The lowest BCUT2D eigenvalue weighted by Crippen LogP contribution is -2.10. The average molecular weight is 216 g/mol. The molecule has 0 aromatic carbocycles. The molecule has 0 saturated carbocycles. The zero-order valence-electron chi connectivity index (χ0n) is 7.55. The van der Waals surface area contributed by atoms with Crippen LogP contribution in [-0.2, 0) is 9.84 Å². The molecular formula is C7H8N2O4S. The second-order valence-corrected chi connectivity index (χ2v) is 4.66. The van der Waals surface area contributed by atoms with Gasteiger partial charge in [-0.2, -0.15) is 0 Å². The number of carboxylic acid groups (broad SMARTS) is 1. The Balaban J connectivity index is 3.43. The van der Waals surface area contributed by atoms with Crippen molar-refractivity contribution in [3.63, 3.8) is 0 Å². The molecule has 0 atom stereocenters. The molecular weight excluding hydrogens is 208 g/mol. The number of aromatic nitrogens is 2. The molecule has 0 unspecified atom stereocenters. The van der Waals surface area contributed by atoms with Crippen LogP contribution < -0.4 is 0 Å². The lowest BCUT2D eigenvalue weighted by Gasteiger charge is -2.00. The first-order valence-corrected chi connectivity index (χ1v) is 5.49. The summed E-state index contributed by atoms with van der Waals surface area (Å²) < 4.78 is 22.1. The van der Waals surface area contributed by atoms with Crippen LogP contribution in [0.2, 0.25) is 0 Å². The minimum absolute atomic E-state index is 0.304. The number of aryl methyl sites for hydroxylation is 1. The Kier molecular flexibility index (Phi) is 2.52. The zero-order chi connectivity index (χ0) is 10.9. The first kappa shape index (κ1) is 10.6. The fourth-order valence-electron chi connectivity index (χ4n) is 0.817. The highest BCUT2D eigenvalue weighted by Gasteiger charge is 2.15. The van der Waals surface area contributed by atoms with Crippen molar-refractivity contribution in [2.24, 2.45) is 0 Å². The molecule has 0 spiro atoms. The quantitative estimate of drug-likeness (QED) is 0.692. The van der Waals surface area contributed by atoms with Gasteiger partial charge in [-0.1, -0.05) is 0 Å². The molecule has 1 rings (SSSR count). The molecule has 0 aliphatic heterocycles. The van der Waals surface area contributed by atoms with Crippen molar-refractivity contribution in [3.05, 3.63) is 17.5 Å². The first-order valence-electron chi connectivity index (χ1n) is 3.60. The van der Waals surface area contributed by atoms with Gasteiger partial charge in [0, 0.05) is 11.9 Å². The van der Waals surface area contributed by atoms with Gasteiger partial charge in [0.25, 0.3) is 0 Å². The van der Waals surface area contributed by atoms with E-state index in [9.17, 15) is 13.2 Å². The second-order valence-electron chi connectivity index (χ2n) is 2.75. The number of carboxylic acids is 1. The Labute approximate surface area is 80.5 Å². The van der Waals surface area contributed by atoms with E-state index < -0.39 is 21.0 Å². The van der Waals surface area contributed by atoms with Crippen molar-refractivity contribution >= 4 is 15.8 Å². The van der Waals surface area contributed by atoms with E-state index in [4.69, 9.17) is 5.11 Å². The molecule has 0 amide bonds. The normalized spacial score (nSPS) is 11.3. The van der Waals surface area contributed by atoms with E-state index in [1.807, 2.05) is 0 Å². The Morgan fingerprint density at radius 3 is 2.43 bits per heavy atom. The highest BCUT2D eigenvalue weighted by atomic mass is 32.2. The molecule has 14 heavy (non-hydrogen) atoms. The standard InChI is InChI=1S/C7H8N2O4S/c1-4-3-5(6(10)11)9-7(8-4)14(2,12)13/h3H,1-2H3,(H,10,11). The molecule has 0 aliphatic rings. The third-order valence-corrected chi connectivity index (χ3v) is 2.23. The van der Waals surface area contributed by atoms with Gasteiger partial charge < -0.3 is 5.11 Å². The maximum atomic E-state index is 11.0. The predicted molar refractivity (Wildman–Crippen MR) is 46.8 cm³/mol. The SMILES string of the molecule is Cc1cc(C(=O)O)nc(S(C)(=O)=O)n1. The van der Waals surface area contributed by atoms with Crippen molar-refractivity contribution in [1.29, 1.82) is 0 Å². The van der Waals surface area contributed by atoms with Crippen LogP contribution in [0.3, 0.4) is 0 Å². The predicted octanol–water partition coefficient (Wildman–Crippen LogP) is -0.113.